The molecule has 3 N–H and O–H groups in total. The van der Waals surface area contributed by atoms with Crippen LogP contribution in [-0.4, -0.2) is 73.4 Å². The van der Waals surface area contributed by atoms with Crippen molar-refractivity contribution in [2.75, 3.05) is 40.9 Å². The summed E-state index contributed by atoms with van der Waals surface area (Å²) in [5.74, 6) is -0.238. The summed E-state index contributed by atoms with van der Waals surface area (Å²) in [6.45, 7) is 4.62. The van der Waals surface area contributed by atoms with Crippen LogP contribution in [0.5, 0.6) is 0 Å². The van der Waals surface area contributed by atoms with Crippen molar-refractivity contribution < 1.29 is 32.9 Å². The number of likely N-dealkylation sites (N-methyl/N-ethyl adjacent to an activating group) is 1. The van der Waals surface area contributed by atoms with Crippen LogP contribution in [0.25, 0.3) is 0 Å². The van der Waals surface area contributed by atoms with Gasteiger partial charge in [-0.15, -0.1) is 0 Å². The maximum atomic E-state index is 12.8. The number of hydrogen-bond acceptors (Lipinski definition) is 5. The van der Waals surface area contributed by atoms with Gasteiger partial charge in [-0.1, -0.05) is 157 Å². The number of rotatable bonds is 36. The Morgan fingerprint density at radius 2 is 1.13 bits per heavy atom. The van der Waals surface area contributed by atoms with Gasteiger partial charge < -0.3 is 19.8 Å². The smallest absolute Gasteiger partial charge is 0.387 e. The number of quaternary nitrogens is 1. The molecular formula is C44H80N2O6P+. The fraction of sp³-hybridized carbons (Fsp3) is 0.705. The highest BCUT2D eigenvalue weighted by atomic mass is 31.2. The van der Waals surface area contributed by atoms with Crippen LogP contribution in [0.2, 0.25) is 0 Å². The zero-order valence-electron chi connectivity index (χ0n) is 34.5. The standard InChI is InChI=1S/C44H79N2O6P/c1-6-8-10-12-14-16-18-20-22-23-24-26-28-30-32-34-36-38-44(48)45-42(41-52-53(49,50)51-40-39-46(3,4)5)43(47)37-35-33-31-29-27-25-21-19-17-15-13-11-9-7-2/h8,10,14,16,20,22,24,26,30,32,35,37,42-43,47H,6-7,9,11-13,15,17-19,21,23,25,27-29,31,33-34,36,38-41H2,1-5H3,(H-,45,48,49,50)/p+1/b10-8-,16-14-,22-20-,26-24-,32-30-,37-35+. The third kappa shape index (κ3) is 38.0. The molecule has 0 fully saturated rings. The van der Waals surface area contributed by atoms with E-state index in [9.17, 15) is 19.4 Å². The minimum absolute atomic E-state index is 0.0472. The normalized spacial score (nSPS) is 15.2. The first-order valence-electron chi connectivity index (χ1n) is 20.8. The van der Waals surface area contributed by atoms with Crippen LogP contribution in [0.4, 0.5) is 0 Å². The maximum Gasteiger partial charge on any atom is 0.472 e. The molecule has 0 rings (SSSR count). The summed E-state index contributed by atoms with van der Waals surface area (Å²) in [4.78, 5) is 23.0. The number of allylic oxidation sites excluding steroid dienone is 11. The second-order valence-electron chi connectivity index (χ2n) is 15.0. The lowest BCUT2D eigenvalue weighted by atomic mass is 10.0. The molecule has 0 heterocycles. The second-order valence-corrected chi connectivity index (χ2v) is 16.4. The van der Waals surface area contributed by atoms with Gasteiger partial charge in [0.2, 0.25) is 5.91 Å². The van der Waals surface area contributed by atoms with E-state index in [1.807, 2.05) is 27.2 Å². The summed E-state index contributed by atoms with van der Waals surface area (Å²) in [5.41, 5.74) is 0. The number of carbonyl (C=O) groups excluding carboxylic acids is 1. The van der Waals surface area contributed by atoms with Gasteiger partial charge >= 0.3 is 7.82 Å². The van der Waals surface area contributed by atoms with Crippen molar-refractivity contribution in [3.8, 4) is 0 Å². The van der Waals surface area contributed by atoms with Crippen molar-refractivity contribution >= 4 is 13.7 Å². The van der Waals surface area contributed by atoms with E-state index < -0.39 is 20.0 Å². The van der Waals surface area contributed by atoms with Crippen LogP contribution >= 0.6 is 7.82 Å². The van der Waals surface area contributed by atoms with Gasteiger partial charge in [0.15, 0.2) is 0 Å². The Balaban J connectivity index is 4.61. The molecule has 0 spiro atoms. The topological polar surface area (TPSA) is 105 Å². The van der Waals surface area contributed by atoms with Crippen LogP contribution in [-0.2, 0) is 18.4 Å². The van der Waals surface area contributed by atoms with Crippen molar-refractivity contribution in [1.82, 2.24) is 5.32 Å². The molecular weight excluding hydrogens is 683 g/mol. The molecule has 1 amide bonds. The zero-order valence-corrected chi connectivity index (χ0v) is 35.4. The van der Waals surface area contributed by atoms with Gasteiger partial charge in [0.1, 0.15) is 13.2 Å². The number of amides is 1. The number of aliphatic hydroxyl groups is 1. The van der Waals surface area contributed by atoms with Crippen LogP contribution < -0.4 is 5.32 Å². The highest BCUT2D eigenvalue weighted by Gasteiger charge is 2.27. The number of hydrogen-bond donors (Lipinski definition) is 3. The van der Waals surface area contributed by atoms with Gasteiger partial charge in [-0.3, -0.25) is 13.8 Å². The Morgan fingerprint density at radius 1 is 0.660 bits per heavy atom. The van der Waals surface area contributed by atoms with Crippen LogP contribution in [0, 0.1) is 0 Å². The third-order valence-corrected chi connectivity index (χ3v) is 9.67. The van der Waals surface area contributed by atoms with E-state index in [1.165, 1.54) is 64.2 Å². The lowest BCUT2D eigenvalue weighted by Gasteiger charge is -2.25. The first kappa shape index (κ1) is 50.9. The average molecular weight is 764 g/mol. The number of carbonyl (C=O) groups is 1. The minimum Gasteiger partial charge on any atom is -0.387 e. The van der Waals surface area contributed by atoms with Crippen molar-refractivity contribution in [3.05, 3.63) is 72.9 Å². The highest BCUT2D eigenvalue weighted by molar-refractivity contribution is 7.47. The largest absolute Gasteiger partial charge is 0.472 e. The van der Waals surface area contributed by atoms with Crippen LogP contribution in [0.3, 0.4) is 0 Å². The van der Waals surface area contributed by atoms with Gasteiger partial charge in [0.25, 0.3) is 0 Å². The minimum atomic E-state index is -4.35. The molecule has 3 unspecified atom stereocenters. The lowest BCUT2D eigenvalue weighted by molar-refractivity contribution is -0.870. The first-order valence-corrected chi connectivity index (χ1v) is 22.3. The molecule has 53 heavy (non-hydrogen) atoms. The van der Waals surface area contributed by atoms with E-state index in [4.69, 9.17) is 9.05 Å². The van der Waals surface area contributed by atoms with E-state index in [2.05, 4.69) is 79.9 Å². The summed E-state index contributed by atoms with van der Waals surface area (Å²) >= 11 is 0. The number of nitrogens with one attached hydrogen (secondary N) is 1. The molecule has 0 saturated carbocycles. The number of aliphatic hydroxyl groups excluding tert-OH is 1. The van der Waals surface area contributed by atoms with E-state index in [1.54, 1.807) is 6.08 Å². The molecule has 9 heteroatoms. The Hall–Kier alpha value is -2.06. The number of phosphoric acid groups is 1. The average Bonchev–Trinajstić information content (AvgIpc) is 3.10. The molecule has 0 aromatic carbocycles. The molecule has 0 saturated heterocycles. The van der Waals surface area contributed by atoms with Crippen molar-refractivity contribution in [2.24, 2.45) is 0 Å². The Labute approximate surface area is 325 Å². The number of nitrogens with zero attached hydrogens (tertiary/aromatic N) is 1. The van der Waals surface area contributed by atoms with Gasteiger partial charge in [0.05, 0.1) is 39.9 Å². The molecule has 0 aliphatic rings. The van der Waals surface area contributed by atoms with Crippen molar-refractivity contribution in [2.45, 2.75) is 161 Å². The summed E-state index contributed by atoms with van der Waals surface area (Å²) < 4.78 is 23.5. The summed E-state index contributed by atoms with van der Waals surface area (Å²) in [7, 11) is 1.52. The predicted octanol–water partition coefficient (Wildman–Crippen LogP) is 11.2. The Bertz CT molecular complexity index is 1090. The van der Waals surface area contributed by atoms with E-state index in [0.717, 1.165) is 57.8 Å². The Morgan fingerprint density at radius 3 is 1.64 bits per heavy atom. The fourth-order valence-corrected chi connectivity index (χ4v) is 6.10. The molecule has 8 nitrogen and oxygen atoms in total. The SMILES string of the molecule is CC/C=C\C/C=C\C/C=C\C/C=C\C/C=C\CCCC(=O)NC(COP(=O)(O)OCC[N+](C)(C)C)C(O)/C=C/CCCCCCCCCCCCCC. The van der Waals surface area contributed by atoms with Crippen molar-refractivity contribution in [3.63, 3.8) is 0 Å². The molecule has 0 bridgehead atoms. The molecule has 0 radical (unpaired) electrons. The van der Waals surface area contributed by atoms with Gasteiger partial charge in [0, 0.05) is 6.42 Å². The zero-order chi connectivity index (χ0) is 39.3. The molecule has 0 aromatic rings. The first-order chi connectivity index (χ1) is 25.5. The third-order valence-electron chi connectivity index (χ3n) is 8.68. The quantitative estimate of drug-likeness (QED) is 0.0254. The summed E-state index contributed by atoms with van der Waals surface area (Å²) in [6, 6.07) is -0.878. The number of unbranched alkanes of at least 4 members (excludes halogenated alkanes) is 13. The van der Waals surface area contributed by atoms with Gasteiger partial charge in [-0.25, -0.2) is 4.57 Å². The molecule has 0 aliphatic heterocycles. The highest BCUT2D eigenvalue weighted by Crippen LogP contribution is 2.43. The summed E-state index contributed by atoms with van der Waals surface area (Å²) in [5, 5.41) is 13.7. The predicted molar refractivity (Wildman–Crippen MR) is 226 cm³/mol. The second kappa shape index (κ2) is 35.6. The molecule has 3 atom stereocenters. The molecule has 0 aliphatic carbocycles. The maximum absolute atomic E-state index is 12.8. The van der Waals surface area contributed by atoms with E-state index in [-0.39, 0.29) is 25.5 Å². The van der Waals surface area contributed by atoms with E-state index in [0.29, 0.717) is 17.4 Å². The monoisotopic (exact) mass is 764 g/mol. The summed E-state index contributed by atoms with van der Waals surface area (Å²) in [6.07, 6.45) is 46.9. The molecule has 306 valence electrons. The van der Waals surface area contributed by atoms with Crippen molar-refractivity contribution in [1.29, 1.82) is 0 Å². The van der Waals surface area contributed by atoms with Gasteiger partial charge in [-0.2, -0.15) is 0 Å². The van der Waals surface area contributed by atoms with Crippen LogP contribution in [0.15, 0.2) is 72.9 Å². The number of phosphoric ester groups is 1. The fourth-order valence-electron chi connectivity index (χ4n) is 5.37. The van der Waals surface area contributed by atoms with Gasteiger partial charge in [-0.05, 0) is 57.8 Å². The Kier molecular flexibility index (Phi) is 34.2. The molecule has 0 aromatic heterocycles. The van der Waals surface area contributed by atoms with E-state index >= 15 is 0 Å². The van der Waals surface area contributed by atoms with Crippen LogP contribution in [0.1, 0.15) is 149 Å². The lowest BCUT2D eigenvalue weighted by Crippen LogP contribution is -2.45.